The van der Waals surface area contributed by atoms with Gasteiger partial charge >= 0.3 is 6.98 Å². The second-order valence-corrected chi connectivity index (χ2v) is 2.99. The van der Waals surface area contributed by atoms with Gasteiger partial charge in [-0.2, -0.15) is 0 Å². The standard InChI is InChI=1S/C9H6BF3N/c11-10(12,13)8-5-6-14-9-4-2-1-3-7(8)9/h1-6H/q-1. The Bertz CT molecular complexity index is 462. The van der Waals surface area contributed by atoms with Gasteiger partial charge in [0.05, 0.1) is 5.52 Å². The van der Waals surface area contributed by atoms with E-state index >= 15 is 0 Å². The first-order chi connectivity index (χ1) is 6.59. The third-order valence-electron chi connectivity index (χ3n) is 2.04. The lowest BCUT2D eigenvalue weighted by Gasteiger charge is -2.16. The van der Waals surface area contributed by atoms with E-state index in [0.717, 1.165) is 6.07 Å². The molecule has 14 heavy (non-hydrogen) atoms. The molecule has 0 spiro atoms. The van der Waals surface area contributed by atoms with E-state index in [-0.39, 0.29) is 5.39 Å². The van der Waals surface area contributed by atoms with E-state index in [1.807, 2.05) is 0 Å². The van der Waals surface area contributed by atoms with Crippen LogP contribution in [0.1, 0.15) is 0 Å². The van der Waals surface area contributed by atoms with Gasteiger partial charge < -0.3 is 12.9 Å². The zero-order valence-corrected chi connectivity index (χ0v) is 7.12. The summed E-state index contributed by atoms with van der Waals surface area (Å²) in [7, 11) is 0. The van der Waals surface area contributed by atoms with E-state index < -0.39 is 12.4 Å². The van der Waals surface area contributed by atoms with Gasteiger partial charge in [-0.15, -0.1) is 0 Å². The van der Waals surface area contributed by atoms with Crippen molar-refractivity contribution in [3.63, 3.8) is 0 Å². The largest absolute Gasteiger partial charge is 0.510 e. The second-order valence-electron chi connectivity index (χ2n) is 2.99. The Kier molecular flexibility index (Phi) is 1.95. The van der Waals surface area contributed by atoms with Crippen molar-refractivity contribution in [1.29, 1.82) is 0 Å². The molecule has 0 saturated carbocycles. The minimum absolute atomic E-state index is 0.169. The lowest BCUT2D eigenvalue weighted by molar-refractivity contribution is 0.501. The van der Waals surface area contributed by atoms with Crippen molar-refractivity contribution >= 4 is 23.3 Å². The monoisotopic (exact) mass is 196 g/mol. The number of para-hydroxylation sites is 1. The topological polar surface area (TPSA) is 12.9 Å². The molecule has 0 unspecified atom stereocenters. The molecule has 0 amide bonds. The number of hydrogen-bond acceptors (Lipinski definition) is 1. The second kappa shape index (κ2) is 3.01. The molecule has 1 nitrogen and oxygen atoms in total. The lowest BCUT2D eigenvalue weighted by Crippen LogP contribution is -2.34. The summed E-state index contributed by atoms with van der Waals surface area (Å²) in [6.07, 6.45) is 1.19. The van der Waals surface area contributed by atoms with Crippen molar-refractivity contribution in [2.24, 2.45) is 0 Å². The predicted octanol–water partition coefficient (Wildman–Crippen LogP) is 2.29. The van der Waals surface area contributed by atoms with Gasteiger partial charge in [-0.25, -0.2) is 0 Å². The highest BCUT2D eigenvalue weighted by Gasteiger charge is 2.27. The highest BCUT2D eigenvalue weighted by Crippen LogP contribution is 2.15. The number of fused-ring (bicyclic) bond motifs is 1. The highest BCUT2D eigenvalue weighted by atomic mass is 19.4. The van der Waals surface area contributed by atoms with E-state index in [9.17, 15) is 12.9 Å². The smallest absolute Gasteiger partial charge is 0.445 e. The molecule has 1 aromatic heterocycles. The zero-order valence-electron chi connectivity index (χ0n) is 7.12. The summed E-state index contributed by atoms with van der Waals surface area (Å²) in [6, 6.07) is 7.27. The fraction of sp³-hybridized carbons (Fsp3) is 0. The van der Waals surface area contributed by atoms with Crippen LogP contribution in [0.15, 0.2) is 36.5 Å². The minimum atomic E-state index is -4.96. The van der Waals surface area contributed by atoms with Crippen molar-refractivity contribution < 1.29 is 12.9 Å². The van der Waals surface area contributed by atoms with E-state index in [0.29, 0.717) is 5.52 Å². The molecule has 5 heteroatoms. The summed E-state index contributed by atoms with van der Waals surface area (Å²) >= 11 is 0. The molecule has 0 aliphatic heterocycles. The molecule has 0 fully saturated rings. The first-order valence-corrected chi connectivity index (χ1v) is 4.12. The molecule has 1 aromatic carbocycles. The van der Waals surface area contributed by atoms with Crippen LogP contribution in [0.25, 0.3) is 10.9 Å². The van der Waals surface area contributed by atoms with Crippen molar-refractivity contribution in [3.8, 4) is 0 Å². The number of aromatic nitrogens is 1. The fourth-order valence-corrected chi connectivity index (χ4v) is 1.40. The van der Waals surface area contributed by atoms with Crippen LogP contribution in [-0.2, 0) is 0 Å². The summed E-state index contributed by atoms with van der Waals surface area (Å²) in [6.45, 7) is -4.96. The molecular weight excluding hydrogens is 190 g/mol. The van der Waals surface area contributed by atoms with Crippen LogP contribution < -0.4 is 5.46 Å². The minimum Gasteiger partial charge on any atom is -0.445 e. The van der Waals surface area contributed by atoms with Gasteiger partial charge in [0.1, 0.15) is 0 Å². The normalized spacial score (nSPS) is 11.9. The van der Waals surface area contributed by atoms with Crippen LogP contribution in [-0.4, -0.2) is 12.0 Å². The molecule has 2 aromatic rings. The average molecular weight is 196 g/mol. The Hall–Kier alpha value is -1.52. The van der Waals surface area contributed by atoms with Crippen LogP contribution in [0.4, 0.5) is 12.9 Å². The first-order valence-electron chi connectivity index (χ1n) is 4.12. The van der Waals surface area contributed by atoms with Crippen LogP contribution in [0.5, 0.6) is 0 Å². The third-order valence-corrected chi connectivity index (χ3v) is 2.04. The molecule has 1 heterocycles. The van der Waals surface area contributed by atoms with Crippen LogP contribution in [0.3, 0.4) is 0 Å². The number of nitrogens with zero attached hydrogens (tertiary/aromatic N) is 1. The molecule has 2 rings (SSSR count). The molecule has 0 radical (unpaired) electrons. The van der Waals surface area contributed by atoms with E-state index in [1.54, 1.807) is 18.2 Å². The summed E-state index contributed by atoms with van der Waals surface area (Å²) in [4.78, 5) is 3.87. The lowest BCUT2D eigenvalue weighted by atomic mass is 9.78. The predicted molar refractivity (Wildman–Crippen MR) is 50.5 cm³/mol. The summed E-state index contributed by atoms with van der Waals surface area (Å²) in [5, 5.41) is 0.169. The highest BCUT2D eigenvalue weighted by molar-refractivity contribution is 6.75. The molecule has 0 aliphatic rings. The quantitative estimate of drug-likeness (QED) is 0.637. The van der Waals surface area contributed by atoms with E-state index in [1.165, 1.54) is 12.3 Å². The van der Waals surface area contributed by atoms with E-state index in [2.05, 4.69) is 4.98 Å². The molecule has 0 atom stereocenters. The molecule has 0 saturated heterocycles. The summed E-state index contributed by atoms with van der Waals surface area (Å²) in [5.74, 6) is 0. The number of hydrogen-bond donors (Lipinski definition) is 0. The SMILES string of the molecule is F[B-](F)(F)c1ccnc2ccccc12. The molecular formula is C9H6BF3N-. The Morgan fingerprint density at radius 3 is 2.43 bits per heavy atom. The average Bonchev–Trinajstić information content (AvgIpc) is 2.15. The van der Waals surface area contributed by atoms with Crippen molar-refractivity contribution in [2.75, 3.05) is 0 Å². The van der Waals surface area contributed by atoms with Crippen LogP contribution in [0, 0.1) is 0 Å². The molecule has 0 bridgehead atoms. The van der Waals surface area contributed by atoms with Crippen molar-refractivity contribution in [3.05, 3.63) is 36.5 Å². The third kappa shape index (κ3) is 1.45. The van der Waals surface area contributed by atoms with Crippen LogP contribution >= 0.6 is 0 Å². The van der Waals surface area contributed by atoms with Gasteiger partial charge in [0.25, 0.3) is 0 Å². The van der Waals surface area contributed by atoms with Gasteiger partial charge in [0, 0.05) is 6.20 Å². The Morgan fingerprint density at radius 1 is 1.00 bits per heavy atom. The van der Waals surface area contributed by atoms with Crippen molar-refractivity contribution in [1.82, 2.24) is 4.98 Å². The maximum absolute atomic E-state index is 12.6. The Labute approximate surface area is 78.6 Å². The summed E-state index contributed by atoms with van der Waals surface area (Å²) in [5.41, 5.74) is -0.195. The number of halogens is 3. The van der Waals surface area contributed by atoms with Gasteiger partial charge in [-0.05, 0) is 11.5 Å². The molecule has 0 N–H and O–H groups in total. The number of pyridine rings is 1. The maximum Gasteiger partial charge on any atom is 0.510 e. The van der Waals surface area contributed by atoms with Gasteiger partial charge in [0.15, 0.2) is 0 Å². The van der Waals surface area contributed by atoms with Gasteiger partial charge in [-0.1, -0.05) is 29.7 Å². The number of rotatable bonds is 1. The maximum atomic E-state index is 12.6. The van der Waals surface area contributed by atoms with Gasteiger partial charge in [-0.3, -0.25) is 4.98 Å². The fourth-order valence-electron chi connectivity index (χ4n) is 1.40. The van der Waals surface area contributed by atoms with Crippen LogP contribution in [0.2, 0.25) is 0 Å². The summed E-state index contributed by atoms with van der Waals surface area (Å²) < 4.78 is 37.7. The molecule has 0 aliphatic carbocycles. The molecule has 72 valence electrons. The first kappa shape index (κ1) is 9.06. The van der Waals surface area contributed by atoms with Crippen molar-refractivity contribution in [2.45, 2.75) is 0 Å². The zero-order chi connectivity index (χ0) is 10.2. The number of benzene rings is 1. The Morgan fingerprint density at radius 2 is 1.71 bits per heavy atom. The van der Waals surface area contributed by atoms with Gasteiger partial charge in [0.2, 0.25) is 0 Å². The Balaban J connectivity index is 2.78. The van der Waals surface area contributed by atoms with E-state index in [4.69, 9.17) is 0 Å².